The first kappa shape index (κ1) is 22.6. The Labute approximate surface area is 195 Å². The maximum absolute atomic E-state index is 12.8. The van der Waals surface area contributed by atoms with E-state index in [0.29, 0.717) is 0 Å². The predicted octanol–water partition coefficient (Wildman–Crippen LogP) is 3.65. The van der Waals surface area contributed by atoms with Gasteiger partial charge >= 0.3 is 0 Å². The largest absolute Gasteiger partial charge is 0.871 e. The van der Waals surface area contributed by atoms with Crippen LogP contribution in [0.4, 0.5) is 5.69 Å². The fourth-order valence-electron chi connectivity index (χ4n) is 4.21. The van der Waals surface area contributed by atoms with Gasteiger partial charge in [-0.1, -0.05) is 73.9 Å². The van der Waals surface area contributed by atoms with Crippen molar-refractivity contribution in [2.45, 2.75) is 19.9 Å². The molecule has 1 aliphatic heterocycles. The molecule has 0 spiro atoms. The third-order valence-electron chi connectivity index (χ3n) is 6.39. The van der Waals surface area contributed by atoms with Gasteiger partial charge in [-0.3, -0.25) is 4.79 Å². The number of hydrogen-bond donors (Lipinski definition) is 1. The van der Waals surface area contributed by atoms with Gasteiger partial charge in [0.1, 0.15) is 6.04 Å². The fourth-order valence-corrected chi connectivity index (χ4v) is 4.21. The summed E-state index contributed by atoms with van der Waals surface area (Å²) in [6.07, 6.45) is 19.7. The van der Waals surface area contributed by atoms with Gasteiger partial charge in [0.2, 0.25) is 0 Å². The number of fused-ring (bicyclic) bond motifs is 1. The number of quaternary nitrogens is 1. The van der Waals surface area contributed by atoms with Crippen molar-refractivity contribution < 1.29 is 15.6 Å². The molecule has 2 aliphatic carbocycles. The van der Waals surface area contributed by atoms with E-state index in [-0.39, 0.29) is 40.6 Å². The number of hydrogen-bond acceptors (Lipinski definition) is 3. The predicted molar refractivity (Wildman–Crippen MR) is 133 cm³/mol. The Hall–Kier alpha value is -3.63. The second kappa shape index (κ2) is 9.47. The molecule has 4 nitrogen and oxygen atoms in total. The average Bonchev–Trinajstić information content (AvgIpc) is 2.84. The molecule has 168 valence electrons. The van der Waals surface area contributed by atoms with Gasteiger partial charge in [0.15, 0.2) is 5.78 Å². The Morgan fingerprint density at radius 1 is 1.24 bits per heavy atom. The van der Waals surface area contributed by atoms with Crippen LogP contribution >= 0.6 is 0 Å². The van der Waals surface area contributed by atoms with Gasteiger partial charge < -0.3 is 15.7 Å². The first-order valence-electron chi connectivity index (χ1n) is 11.4. The van der Waals surface area contributed by atoms with Crippen molar-refractivity contribution >= 4 is 17.5 Å². The van der Waals surface area contributed by atoms with Gasteiger partial charge in [-0.05, 0) is 54.3 Å². The molecule has 1 heterocycles. The summed E-state index contributed by atoms with van der Waals surface area (Å²) in [7, 11) is 0. The topological polar surface area (TPSA) is 71.0 Å². The van der Waals surface area contributed by atoms with Crippen LogP contribution < -0.4 is 15.7 Å². The minimum atomic E-state index is -0.216. The molecular formula is C29H30N2O2. The normalized spacial score (nSPS) is 25.2. The van der Waals surface area contributed by atoms with Crippen molar-refractivity contribution in [2.24, 2.45) is 11.8 Å². The number of nitrogens with zero attached hydrogens (tertiary/aromatic N) is 1. The van der Waals surface area contributed by atoms with E-state index in [0.717, 1.165) is 29.1 Å². The number of anilines is 1. The highest BCUT2D eigenvalue weighted by Crippen LogP contribution is 2.35. The molecule has 4 rings (SSSR count). The monoisotopic (exact) mass is 438 g/mol. The lowest BCUT2D eigenvalue weighted by Crippen LogP contribution is -2.63. The lowest BCUT2D eigenvalue weighted by Gasteiger charge is -2.33. The third kappa shape index (κ3) is 4.48. The molecule has 1 aromatic rings. The van der Waals surface area contributed by atoms with E-state index in [1.807, 2.05) is 49.4 Å². The summed E-state index contributed by atoms with van der Waals surface area (Å²) in [5, 5.41) is 12.8. The summed E-state index contributed by atoms with van der Waals surface area (Å²) >= 11 is 0. The molecule has 0 fully saturated rings. The van der Waals surface area contributed by atoms with Crippen molar-refractivity contribution in [1.29, 1.82) is 0 Å². The van der Waals surface area contributed by atoms with E-state index in [9.17, 15) is 9.90 Å². The zero-order valence-electron chi connectivity index (χ0n) is 19.2. The van der Waals surface area contributed by atoms with Gasteiger partial charge in [0, 0.05) is 29.1 Å². The quantitative estimate of drug-likeness (QED) is 0.544. The molecule has 33 heavy (non-hydrogen) atoms. The van der Waals surface area contributed by atoms with E-state index < -0.39 is 0 Å². The summed E-state index contributed by atoms with van der Waals surface area (Å²) in [6, 6.07) is 8.30. The first-order chi connectivity index (χ1) is 15.9. The molecule has 4 heteroatoms. The molecule has 3 N–H and O–H groups in total. The number of allylic oxidation sites excluding steroid dienone is 9. The molecule has 3 unspecified atom stereocenters. The van der Waals surface area contributed by atoms with Crippen molar-refractivity contribution in [3.05, 3.63) is 119 Å². The summed E-state index contributed by atoms with van der Waals surface area (Å²) in [4.78, 5) is 14.9. The molecule has 0 radical (unpaired) electrons. The number of rotatable bonds is 6. The lowest BCUT2D eigenvalue weighted by atomic mass is 9.84. The Morgan fingerprint density at radius 3 is 2.73 bits per heavy atom. The summed E-state index contributed by atoms with van der Waals surface area (Å²) < 4.78 is 0. The van der Waals surface area contributed by atoms with Gasteiger partial charge in [-0.2, -0.15) is 0 Å². The number of para-hydroxylation sites is 1. The van der Waals surface area contributed by atoms with E-state index in [4.69, 9.17) is 0 Å². The summed E-state index contributed by atoms with van der Waals surface area (Å²) in [6.45, 7) is 8.91. The van der Waals surface area contributed by atoms with Crippen LogP contribution in [0.2, 0.25) is 0 Å². The number of carbonyl (C=O) groups excluding carboxylic acids is 1. The minimum Gasteiger partial charge on any atom is -0.871 e. The van der Waals surface area contributed by atoms with E-state index in [1.54, 1.807) is 12.2 Å². The molecule has 0 saturated carbocycles. The molecule has 0 bridgehead atoms. The van der Waals surface area contributed by atoms with Gasteiger partial charge in [0.25, 0.3) is 0 Å². The third-order valence-corrected chi connectivity index (χ3v) is 6.39. The highest BCUT2D eigenvalue weighted by molar-refractivity contribution is 6.21. The first-order valence-corrected chi connectivity index (χ1v) is 11.4. The number of Topliss-reactive ketones (excluding diaryl/α,β-unsaturated/α-hetero) is 1. The zero-order chi connectivity index (χ0) is 23.5. The fraction of sp³-hybridized carbons (Fsp3) is 0.207. The van der Waals surface area contributed by atoms with E-state index in [1.165, 1.54) is 0 Å². The molecular weight excluding hydrogens is 408 g/mol. The van der Waals surface area contributed by atoms with Crippen LogP contribution in [-0.4, -0.2) is 18.4 Å². The van der Waals surface area contributed by atoms with Crippen molar-refractivity contribution in [2.75, 3.05) is 11.4 Å². The van der Waals surface area contributed by atoms with E-state index >= 15 is 0 Å². The standard InChI is InChI=1S/C29H30N2O2/c1-4-31-23(16-15-22-10-6-8-12-27(22)31)18-25-28(32)24(29(25)33)17-20(3)19(2)13-14-21-9-5-7-11-26(21)30/h5-19,21,26,32H,3-4,30H2,1-2H3. The lowest BCUT2D eigenvalue weighted by molar-refractivity contribution is -0.409. The Morgan fingerprint density at radius 2 is 2.00 bits per heavy atom. The molecule has 0 amide bonds. The molecule has 0 aromatic heterocycles. The second-order valence-corrected chi connectivity index (χ2v) is 8.60. The SMILES string of the molecule is C=C(C=C1C(=O)C(C=C2C=Cc3ccccc3N2CC)=C1[O-])C(C)C=CC1C=CC=CC1[NH3+]. The Balaban J connectivity index is 1.50. The van der Waals surface area contributed by atoms with Crippen LogP contribution in [0, 0.1) is 11.8 Å². The van der Waals surface area contributed by atoms with E-state index in [2.05, 4.69) is 54.5 Å². The average molecular weight is 439 g/mol. The highest BCUT2D eigenvalue weighted by Gasteiger charge is 2.27. The van der Waals surface area contributed by atoms with Crippen LogP contribution in [0.5, 0.6) is 0 Å². The van der Waals surface area contributed by atoms with Crippen molar-refractivity contribution in [3.8, 4) is 0 Å². The number of carbonyl (C=O) groups is 1. The zero-order valence-corrected chi connectivity index (χ0v) is 19.2. The number of ketones is 1. The molecule has 3 atom stereocenters. The highest BCUT2D eigenvalue weighted by atomic mass is 16.3. The Kier molecular flexibility index (Phi) is 6.47. The van der Waals surface area contributed by atoms with Gasteiger partial charge in [-0.15, -0.1) is 0 Å². The van der Waals surface area contributed by atoms with Crippen LogP contribution in [0.3, 0.4) is 0 Å². The van der Waals surface area contributed by atoms with Crippen LogP contribution in [0.1, 0.15) is 19.4 Å². The van der Waals surface area contributed by atoms with Crippen LogP contribution in [-0.2, 0) is 4.79 Å². The van der Waals surface area contributed by atoms with Gasteiger partial charge in [-0.25, -0.2) is 0 Å². The number of benzene rings is 1. The molecule has 3 aliphatic rings. The van der Waals surface area contributed by atoms with Crippen molar-refractivity contribution in [1.82, 2.24) is 0 Å². The minimum absolute atomic E-state index is 0.0142. The van der Waals surface area contributed by atoms with Crippen molar-refractivity contribution in [3.63, 3.8) is 0 Å². The summed E-state index contributed by atoms with van der Waals surface area (Å²) in [5.74, 6) is -0.176. The molecule has 0 saturated heterocycles. The second-order valence-electron chi connectivity index (χ2n) is 8.60. The maximum Gasteiger partial charge on any atom is 0.191 e. The number of likely N-dealkylation sites (N-methyl/N-ethyl adjacent to an activating group) is 1. The van der Waals surface area contributed by atoms with Gasteiger partial charge in [0.05, 0.1) is 5.92 Å². The Bertz CT molecular complexity index is 1190. The van der Waals surface area contributed by atoms with Crippen LogP contribution in [0.15, 0.2) is 114 Å². The smallest absolute Gasteiger partial charge is 0.191 e. The van der Waals surface area contributed by atoms with Crippen LogP contribution in [0.25, 0.3) is 6.08 Å². The maximum atomic E-state index is 12.8. The molecule has 1 aromatic carbocycles. The summed E-state index contributed by atoms with van der Waals surface area (Å²) in [5.41, 5.74) is 8.37.